The van der Waals surface area contributed by atoms with Crippen LogP contribution in [-0.2, 0) is 0 Å². The Labute approximate surface area is 166 Å². The van der Waals surface area contributed by atoms with Crippen LogP contribution in [0.1, 0.15) is 0 Å². The van der Waals surface area contributed by atoms with Crippen LogP contribution in [0, 0.1) is 0 Å². The Morgan fingerprint density at radius 1 is 0.458 bits per heavy atom. The Kier molecular flexibility index (Phi) is 3.62. The van der Waals surface area contributed by atoms with Crippen LogP contribution in [0.25, 0.3) is 32.7 Å². The molecule has 0 unspecified atom stereocenters. The largest absolute Gasteiger partial charge is 0.285 e. The molecular weight excluding hydrogens is 576 g/mol. The van der Waals surface area contributed by atoms with E-state index in [-0.39, 0.29) is 21.5 Å². The van der Waals surface area contributed by atoms with Crippen LogP contribution in [0.3, 0.4) is 0 Å². The highest BCUT2D eigenvalue weighted by molar-refractivity contribution is 9.11. The minimum Gasteiger partial charge on any atom is -0.285 e. The zero-order valence-corrected chi connectivity index (χ0v) is 17.6. The molecule has 0 saturated heterocycles. The molecule has 2 aliphatic rings. The number of rotatable bonds is 0. The molecule has 8 heteroatoms. The van der Waals surface area contributed by atoms with Crippen molar-refractivity contribution in [3.05, 3.63) is 70.9 Å². The summed E-state index contributed by atoms with van der Waals surface area (Å²) >= 11 is 13.1. The molecule has 0 amide bonds. The van der Waals surface area contributed by atoms with Gasteiger partial charge in [0.15, 0.2) is 0 Å². The first kappa shape index (κ1) is 16.5. The van der Waals surface area contributed by atoms with Crippen molar-refractivity contribution in [1.82, 2.24) is 0 Å². The second-order valence-corrected chi connectivity index (χ2v) is 8.66. The number of hydrogen-bond donors (Lipinski definition) is 0. The summed E-state index contributed by atoms with van der Waals surface area (Å²) in [4.78, 5) is 50.4. The summed E-state index contributed by atoms with van der Waals surface area (Å²) in [5.74, 6) is 0. The Bertz CT molecular complexity index is 1160. The van der Waals surface area contributed by atoms with E-state index in [1.54, 1.807) is 0 Å². The second kappa shape index (κ2) is 5.27. The van der Waals surface area contributed by atoms with Gasteiger partial charge in [0.1, 0.15) is 0 Å². The van der Waals surface area contributed by atoms with E-state index in [9.17, 15) is 19.2 Å². The summed E-state index contributed by atoms with van der Waals surface area (Å²) in [6, 6.07) is 3.01. The third-order valence-corrected chi connectivity index (χ3v) is 6.53. The van der Waals surface area contributed by atoms with Crippen molar-refractivity contribution >= 4 is 85.3 Å². The minimum absolute atomic E-state index is 0.109. The molecule has 0 N–H and O–H groups in total. The Morgan fingerprint density at radius 3 is 0.875 bits per heavy atom. The topological polar surface area (TPSA) is 68.3 Å². The van der Waals surface area contributed by atoms with E-state index in [4.69, 9.17) is 0 Å². The van der Waals surface area contributed by atoms with Crippen molar-refractivity contribution < 1.29 is 0 Å². The van der Waals surface area contributed by atoms with E-state index in [0.717, 1.165) is 0 Å². The lowest BCUT2D eigenvalue weighted by Crippen LogP contribution is -2.32. The molecule has 4 nitrogen and oxygen atoms in total. The third-order valence-electron chi connectivity index (χ3n) is 4.03. The van der Waals surface area contributed by atoms with E-state index >= 15 is 0 Å². The van der Waals surface area contributed by atoms with Crippen molar-refractivity contribution in [3.63, 3.8) is 0 Å². The molecule has 0 aromatic heterocycles. The molecule has 0 saturated carbocycles. The maximum absolute atomic E-state index is 12.6. The molecule has 2 aliphatic carbocycles. The van der Waals surface area contributed by atoms with Crippen LogP contribution >= 0.6 is 63.7 Å². The van der Waals surface area contributed by atoms with E-state index in [0.29, 0.717) is 29.0 Å². The minimum atomic E-state index is -0.714. The van der Waals surface area contributed by atoms with Gasteiger partial charge in [-0.2, -0.15) is 0 Å². The molecule has 0 aliphatic heterocycles. The predicted octanol–water partition coefficient (Wildman–Crippen LogP) is 3.90. The monoisotopic (exact) mass is 574 g/mol. The Balaban J connectivity index is 2.67. The second-order valence-electron chi connectivity index (χ2n) is 5.25. The first-order valence-corrected chi connectivity index (χ1v) is 9.65. The molecule has 0 atom stereocenters. The smallest absolute Gasteiger partial charge is 0.235 e. The number of benzene rings is 4. The van der Waals surface area contributed by atoms with Crippen molar-refractivity contribution in [1.29, 1.82) is 0 Å². The molecule has 0 radical (unpaired) electrons. The summed E-state index contributed by atoms with van der Waals surface area (Å²) in [6.07, 6.45) is 0. The van der Waals surface area contributed by atoms with Crippen molar-refractivity contribution in [3.8, 4) is 11.1 Å². The van der Waals surface area contributed by atoms with Crippen molar-refractivity contribution in [2.45, 2.75) is 0 Å². The van der Waals surface area contributed by atoms with Crippen LogP contribution < -0.4 is 21.7 Å². The lowest BCUT2D eigenvalue weighted by Gasteiger charge is -2.17. The molecule has 0 bridgehead atoms. The molecule has 0 heterocycles. The van der Waals surface area contributed by atoms with Gasteiger partial charge in [-0.3, -0.25) is 19.2 Å². The summed E-state index contributed by atoms with van der Waals surface area (Å²) in [7, 11) is 0. The van der Waals surface area contributed by atoms with Gasteiger partial charge in [-0.05, 0) is 75.9 Å². The van der Waals surface area contributed by atoms with Crippen LogP contribution in [-0.4, -0.2) is 0 Å². The molecule has 0 spiro atoms. The molecular formula is C16H2Br4O4. The Hall–Kier alpha value is -0.960. The normalized spacial score (nSPS) is 12.0. The average Bonchev–Trinajstić information content (AvgIpc) is 2.49. The quantitative estimate of drug-likeness (QED) is 0.235. The van der Waals surface area contributed by atoms with Crippen LogP contribution in [0.2, 0.25) is 0 Å². The SMILES string of the molecule is O=c1c(=O)c2c(Br)cc(Br)c3c2-c2c1c(Br)cc(Br)c2c(=O)c3=O. The molecule has 0 fully saturated rings. The maximum Gasteiger partial charge on any atom is 0.235 e. The highest BCUT2D eigenvalue weighted by Gasteiger charge is 2.29. The molecule has 2 aromatic rings. The first-order chi connectivity index (χ1) is 11.3. The van der Waals surface area contributed by atoms with Gasteiger partial charge in [0.05, 0.1) is 0 Å². The van der Waals surface area contributed by atoms with Crippen LogP contribution in [0.15, 0.2) is 49.2 Å². The predicted molar refractivity (Wildman–Crippen MR) is 108 cm³/mol. The zero-order valence-electron chi connectivity index (χ0n) is 11.3. The fourth-order valence-corrected chi connectivity index (χ4v) is 6.12. The highest BCUT2D eigenvalue weighted by Crippen LogP contribution is 2.44. The van der Waals surface area contributed by atoms with Gasteiger partial charge in [-0.1, -0.05) is 0 Å². The average molecular weight is 578 g/mol. The van der Waals surface area contributed by atoms with Gasteiger partial charge in [-0.25, -0.2) is 0 Å². The lowest BCUT2D eigenvalue weighted by molar-refractivity contribution is 1.46. The van der Waals surface area contributed by atoms with Gasteiger partial charge in [0, 0.05) is 50.6 Å². The van der Waals surface area contributed by atoms with Gasteiger partial charge in [-0.15, -0.1) is 0 Å². The van der Waals surface area contributed by atoms with E-state index in [1.165, 1.54) is 12.1 Å². The van der Waals surface area contributed by atoms with Gasteiger partial charge < -0.3 is 0 Å². The summed E-state index contributed by atoms with van der Waals surface area (Å²) in [5.41, 5.74) is -2.22. The van der Waals surface area contributed by atoms with Crippen molar-refractivity contribution in [2.24, 2.45) is 0 Å². The summed E-state index contributed by atoms with van der Waals surface area (Å²) in [6.45, 7) is 0. The maximum atomic E-state index is 12.6. The molecule has 118 valence electrons. The molecule has 24 heavy (non-hydrogen) atoms. The lowest BCUT2D eigenvalue weighted by atomic mass is 9.87. The number of hydrogen-bond acceptors (Lipinski definition) is 4. The molecule has 2 aromatic carbocycles. The molecule has 4 rings (SSSR count). The van der Waals surface area contributed by atoms with Crippen molar-refractivity contribution in [2.75, 3.05) is 0 Å². The highest BCUT2D eigenvalue weighted by atomic mass is 79.9. The Morgan fingerprint density at radius 2 is 0.667 bits per heavy atom. The van der Waals surface area contributed by atoms with E-state index in [1.807, 2.05) is 0 Å². The fraction of sp³-hybridized carbons (Fsp3) is 0. The zero-order chi connectivity index (χ0) is 17.5. The fourth-order valence-electron chi connectivity index (χ4n) is 3.08. The third kappa shape index (κ3) is 1.88. The van der Waals surface area contributed by atoms with Gasteiger partial charge in [0.2, 0.25) is 21.7 Å². The van der Waals surface area contributed by atoms with Gasteiger partial charge >= 0.3 is 0 Å². The van der Waals surface area contributed by atoms with Crippen LogP contribution in [0.4, 0.5) is 0 Å². The summed E-state index contributed by atoms with van der Waals surface area (Å²) in [5, 5.41) is 0.436. The standard InChI is InChI=1S/C16H2Br4O4/c17-3-1-4(18)8-11-7(3)13(21)15(23)9-5(19)2-6(20)10(12(9)11)16(24)14(8)22/h1-2H. The first-order valence-electron chi connectivity index (χ1n) is 6.48. The summed E-state index contributed by atoms with van der Waals surface area (Å²) < 4.78 is 1.56. The van der Waals surface area contributed by atoms with Gasteiger partial charge in [0.25, 0.3) is 0 Å². The number of halogens is 4. The van der Waals surface area contributed by atoms with E-state index < -0.39 is 21.7 Å². The van der Waals surface area contributed by atoms with Crippen LogP contribution in [0.5, 0.6) is 0 Å². The van der Waals surface area contributed by atoms with E-state index in [2.05, 4.69) is 63.7 Å².